The Balaban J connectivity index is 1.69. The van der Waals surface area contributed by atoms with Crippen LogP contribution in [0.25, 0.3) is 0 Å². The molecule has 0 amide bonds. The van der Waals surface area contributed by atoms with Crippen molar-refractivity contribution in [2.45, 2.75) is 13.8 Å². The van der Waals surface area contributed by atoms with Crippen molar-refractivity contribution in [3.8, 4) is 5.75 Å². The topological polar surface area (TPSA) is 111 Å². The molecule has 30 heavy (non-hydrogen) atoms. The lowest BCUT2D eigenvalue weighted by Crippen LogP contribution is -2.10. The number of aromatic nitrogens is 2. The zero-order chi connectivity index (χ0) is 21.5. The molecule has 0 unspecified atom stereocenters. The number of carbonyl (C=O) groups is 1. The van der Waals surface area contributed by atoms with Crippen LogP contribution in [0.4, 0.5) is 28.7 Å². The molecule has 1 aromatic heterocycles. The Morgan fingerprint density at radius 3 is 2.00 bits per heavy atom. The van der Waals surface area contributed by atoms with E-state index in [1.165, 1.54) is 6.33 Å². The van der Waals surface area contributed by atoms with E-state index in [2.05, 4.69) is 20.6 Å². The van der Waals surface area contributed by atoms with Gasteiger partial charge in [0.05, 0.1) is 19.3 Å². The fourth-order valence-corrected chi connectivity index (χ4v) is 2.56. The van der Waals surface area contributed by atoms with Gasteiger partial charge in [0.25, 0.3) is 0 Å². The fourth-order valence-electron chi connectivity index (χ4n) is 2.56. The van der Waals surface area contributed by atoms with E-state index in [4.69, 9.17) is 15.2 Å². The van der Waals surface area contributed by atoms with Gasteiger partial charge in [0, 0.05) is 11.4 Å². The Kier molecular flexibility index (Phi) is 6.69. The van der Waals surface area contributed by atoms with Crippen molar-refractivity contribution >= 4 is 34.7 Å². The third kappa shape index (κ3) is 5.38. The monoisotopic (exact) mass is 407 g/mol. The molecule has 3 rings (SSSR count). The number of rotatable bonds is 8. The van der Waals surface area contributed by atoms with Crippen LogP contribution in [0.2, 0.25) is 0 Å². The smallest absolute Gasteiger partial charge is 0.338 e. The van der Waals surface area contributed by atoms with Crippen LogP contribution in [0.1, 0.15) is 24.2 Å². The van der Waals surface area contributed by atoms with Crippen molar-refractivity contribution in [2.75, 3.05) is 30.1 Å². The molecule has 0 bridgehead atoms. The maximum atomic E-state index is 12.0. The number of nitrogens with one attached hydrogen (secondary N) is 2. The van der Waals surface area contributed by atoms with Crippen molar-refractivity contribution in [1.29, 1.82) is 0 Å². The van der Waals surface area contributed by atoms with E-state index in [1.54, 1.807) is 31.4 Å². The summed E-state index contributed by atoms with van der Waals surface area (Å²) in [4.78, 5) is 20.5. The summed E-state index contributed by atoms with van der Waals surface area (Å²) in [5.74, 6) is 1.64. The number of benzene rings is 2. The second-order valence-corrected chi connectivity index (χ2v) is 7.03. The molecule has 0 radical (unpaired) electrons. The van der Waals surface area contributed by atoms with E-state index in [0.29, 0.717) is 29.5 Å². The maximum absolute atomic E-state index is 12.0. The van der Waals surface area contributed by atoms with Crippen LogP contribution in [0.3, 0.4) is 0 Å². The minimum Gasteiger partial charge on any atom is -0.497 e. The summed E-state index contributed by atoms with van der Waals surface area (Å²) in [5.41, 5.74) is 8.64. The number of nitrogen functional groups attached to an aromatic ring is 1. The van der Waals surface area contributed by atoms with E-state index in [9.17, 15) is 4.79 Å². The number of anilines is 5. The first-order chi connectivity index (χ1) is 14.5. The number of hydrogen-bond donors (Lipinski definition) is 3. The average molecular weight is 407 g/mol. The van der Waals surface area contributed by atoms with Crippen molar-refractivity contribution < 1.29 is 14.3 Å². The van der Waals surface area contributed by atoms with Gasteiger partial charge >= 0.3 is 5.97 Å². The van der Waals surface area contributed by atoms with Crippen LogP contribution >= 0.6 is 0 Å². The first-order valence-electron chi connectivity index (χ1n) is 9.52. The molecule has 156 valence electrons. The van der Waals surface area contributed by atoms with E-state index in [0.717, 1.165) is 17.1 Å². The molecule has 8 nitrogen and oxygen atoms in total. The molecule has 0 atom stereocenters. The normalized spacial score (nSPS) is 10.5. The van der Waals surface area contributed by atoms with Gasteiger partial charge in [0.1, 0.15) is 17.8 Å². The van der Waals surface area contributed by atoms with Gasteiger partial charge in [-0.15, -0.1) is 0 Å². The molecular weight excluding hydrogens is 382 g/mol. The molecule has 0 aliphatic heterocycles. The van der Waals surface area contributed by atoms with Crippen LogP contribution in [-0.4, -0.2) is 29.7 Å². The molecule has 0 saturated carbocycles. The molecule has 8 heteroatoms. The highest BCUT2D eigenvalue weighted by Gasteiger charge is 2.11. The Bertz CT molecular complexity index is 989. The van der Waals surface area contributed by atoms with Gasteiger partial charge in [-0.1, -0.05) is 13.8 Å². The summed E-state index contributed by atoms with van der Waals surface area (Å²) in [5, 5.41) is 6.31. The summed E-state index contributed by atoms with van der Waals surface area (Å²) in [6.07, 6.45) is 1.42. The van der Waals surface area contributed by atoms with E-state index in [1.807, 2.05) is 38.1 Å². The molecule has 2 aromatic carbocycles. The number of ether oxygens (including phenoxy) is 2. The summed E-state index contributed by atoms with van der Waals surface area (Å²) in [6, 6.07) is 14.3. The second kappa shape index (κ2) is 9.60. The van der Waals surface area contributed by atoms with E-state index >= 15 is 0 Å². The molecule has 0 spiro atoms. The lowest BCUT2D eigenvalue weighted by atomic mass is 10.2. The fraction of sp³-hybridized carbons (Fsp3) is 0.227. The average Bonchev–Trinajstić information content (AvgIpc) is 2.76. The molecule has 4 N–H and O–H groups in total. The van der Waals surface area contributed by atoms with Gasteiger partial charge in [-0.2, -0.15) is 0 Å². The van der Waals surface area contributed by atoms with Gasteiger partial charge in [0.2, 0.25) is 0 Å². The van der Waals surface area contributed by atoms with Crippen LogP contribution in [0, 0.1) is 5.92 Å². The van der Waals surface area contributed by atoms with Gasteiger partial charge in [-0.3, -0.25) is 0 Å². The quantitative estimate of drug-likeness (QED) is 0.472. The van der Waals surface area contributed by atoms with Crippen molar-refractivity contribution in [3.63, 3.8) is 0 Å². The SMILES string of the molecule is COc1ccc(Nc2ncnc(Nc3ccc(C(=O)OCC(C)C)cc3)c2N)cc1. The molecular formula is C22H25N5O3. The minimum atomic E-state index is -0.345. The Morgan fingerprint density at radius 2 is 1.50 bits per heavy atom. The van der Waals surface area contributed by atoms with Gasteiger partial charge in [0.15, 0.2) is 11.6 Å². The highest BCUT2D eigenvalue weighted by molar-refractivity contribution is 5.90. The molecule has 0 aliphatic carbocycles. The van der Waals surface area contributed by atoms with Crippen molar-refractivity contribution in [2.24, 2.45) is 5.92 Å². The lowest BCUT2D eigenvalue weighted by Gasteiger charge is -2.13. The number of methoxy groups -OCH3 is 1. The molecule has 3 aromatic rings. The zero-order valence-electron chi connectivity index (χ0n) is 17.2. The number of esters is 1. The lowest BCUT2D eigenvalue weighted by molar-refractivity contribution is 0.0459. The number of nitrogens with two attached hydrogens (primary N) is 1. The number of nitrogens with zero attached hydrogens (tertiary/aromatic N) is 2. The first-order valence-corrected chi connectivity index (χ1v) is 9.52. The first kappa shape index (κ1) is 20.9. The van der Waals surface area contributed by atoms with E-state index < -0.39 is 0 Å². The number of hydrogen-bond acceptors (Lipinski definition) is 8. The Hall–Kier alpha value is -3.81. The van der Waals surface area contributed by atoms with Crippen molar-refractivity contribution in [3.05, 3.63) is 60.4 Å². The van der Waals surface area contributed by atoms with Gasteiger partial charge < -0.3 is 25.8 Å². The van der Waals surface area contributed by atoms with Gasteiger partial charge in [-0.25, -0.2) is 14.8 Å². The highest BCUT2D eigenvalue weighted by atomic mass is 16.5. The predicted octanol–water partition coefficient (Wildman–Crippen LogP) is 4.37. The predicted molar refractivity (Wildman–Crippen MR) is 118 cm³/mol. The van der Waals surface area contributed by atoms with E-state index in [-0.39, 0.29) is 11.9 Å². The third-order valence-corrected chi connectivity index (χ3v) is 4.17. The van der Waals surface area contributed by atoms with Gasteiger partial charge in [-0.05, 0) is 54.4 Å². The minimum absolute atomic E-state index is 0.288. The van der Waals surface area contributed by atoms with Crippen molar-refractivity contribution in [1.82, 2.24) is 9.97 Å². The maximum Gasteiger partial charge on any atom is 0.338 e. The molecule has 1 heterocycles. The number of carbonyl (C=O) groups excluding carboxylic acids is 1. The molecule has 0 fully saturated rings. The molecule has 0 saturated heterocycles. The van der Waals surface area contributed by atoms with Crippen LogP contribution in [-0.2, 0) is 4.74 Å². The summed E-state index contributed by atoms with van der Waals surface area (Å²) in [6.45, 7) is 4.37. The summed E-state index contributed by atoms with van der Waals surface area (Å²) < 4.78 is 10.4. The van der Waals surface area contributed by atoms with Crippen LogP contribution < -0.4 is 21.1 Å². The summed E-state index contributed by atoms with van der Waals surface area (Å²) >= 11 is 0. The highest BCUT2D eigenvalue weighted by Crippen LogP contribution is 2.28. The Morgan fingerprint density at radius 1 is 0.967 bits per heavy atom. The van der Waals surface area contributed by atoms with Crippen LogP contribution in [0.5, 0.6) is 5.75 Å². The summed E-state index contributed by atoms with van der Waals surface area (Å²) in [7, 11) is 1.62. The zero-order valence-corrected chi connectivity index (χ0v) is 17.2. The van der Waals surface area contributed by atoms with Crippen LogP contribution in [0.15, 0.2) is 54.9 Å². The second-order valence-electron chi connectivity index (χ2n) is 7.03. The third-order valence-electron chi connectivity index (χ3n) is 4.17. The standard InChI is InChI=1S/C22H25N5O3/c1-14(2)12-30-22(28)15-4-6-16(7-5-15)26-20-19(23)21(25-13-24-20)27-17-8-10-18(29-3)11-9-17/h4-11,13-14H,12,23H2,1-3H3,(H2,24,25,26,27). The largest absolute Gasteiger partial charge is 0.497 e. The molecule has 0 aliphatic rings. The Labute approximate surface area is 175 Å².